The minimum absolute atomic E-state index is 0.372. The first-order valence-electron chi connectivity index (χ1n) is 3.58. The zero-order valence-electron chi connectivity index (χ0n) is 6.84. The summed E-state index contributed by atoms with van der Waals surface area (Å²) >= 11 is 0. The van der Waals surface area contributed by atoms with Crippen LogP contribution in [0.2, 0.25) is 0 Å². The number of aliphatic hydroxyl groups is 1. The van der Waals surface area contributed by atoms with E-state index in [2.05, 4.69) is 4.98 Å². The summed E-state index contributed by atoms with van der Waals surface area (Å²) in [6, 6.07) is 1.93. The molecule has 0 unspecified atom stereocenters. The Morgan fingerprint density at radius 2 is 2.21 bits per heavy atom. The summed E-state index contributed by atoms with van der Waals surface area (Å²) in [5.41, 5.74) is -1.66. The first-order valence-corrected chi connectivity index (χ1v) is 3.58. The van der Waals surface area contributed by atoms with Crippen LogP contribution in [0.3, 0.4) is 0 Å². The lowest BCUT2D eigenvalue weighted by atomic mass is 10.2. The number of alkyl halides is 2. The lowest BCUT2D eigenvalue weighted by molar-refractivity contribution is 0.144. The van der Waals surface area contributed by atoms with Gasteiger partial charge in [0.05, 0.1) is 12.3 Å². The van der Waals surface area contributed by atoms with Gasteiger partial charge >= 0.3 is 0 Å². The van der Waals surface area contributed by atoms with E-state index in [9.17, 15) is 13.2 Å². The maximum Gasteiger partial charge on any atom is 0.280 e. The zero-order chi connectivity index (χ0) is 10.7. The van der Waals surface area contributed by atoms with Crippen LogP contribution in [0.5, 0.6) is 0 Å². The number of nitriles is 1. The zero-order valence-corrected chi connectivity index (χ0v) is 6.84. The van der Waals surface area contributed by atoms with Gasteiger partial charge in [0.2, 0.25) is 0 Å². The van der Waals surface area contributed by atoms with Crippen molar-refractivity contribution in [3.8, 4) is 6.07 Å². The van der Waals surface area contributed by atoms with Crippen molar-refractivity contribution < 1.29 is 18.3 Å². The summed E-state index contributed by atoms with van der Waals surface area (Å²) in [7, 11) is 0. The summed E-state index contributed by atoms with van der Waals surface area (Å²) in [5, 5.41) is 17.1. The molecular formula is C8H5F3N2O. The molecule has 74 valence electrons. The van der Waals surface area contributed by atoms with Crippen LogP contribution in [0.1, 0.15) is 23.4 Å². The van der Waals surface area contributed by atoms with Gasteiger partial charge in [-0.1, -0.05) is 0 Å². The highest BCUT2D eigenvalue weighted by Gasteiger charge is 2.16. The van der Waals surface area contributed by atoms with Crippen molar-refractivity contribution in [2.45, 2.75) is 13.0 Å². The number of rotatable bonds is 2. The number of aliphatic hydroxyl groups excluding tert-OH is 1. The van der Waals surface area contributed by atoms with Gasteiger partial charge in [0, 0.05) is 6.07 Å². The second-order valence-electron chi connectivity index (χ2n) is 2.42. The fourth-order valence-corrected chi connectivity index (χ4v) is 0.928. The number of hydrogen-bond acceptors (Lipinski definition) is 3. The topological polar surface area (TPSA) is 56.9 Å². The molecule has 0 saturated heterocycles. The molecule has 0 spiro atoms. The number of nitrogens with zero attached hydrogens (tertiary/aromatic N) is 2. The predicted octanol–water partition coefficient (Wildman–Crippen LogP) is 1.52. The Morgan fingerprint density at radius 1 is 1.57 bits per heavy atom. The Kier molecular flexibility index (Phi) is 3.04. The van der Waals surface area contributed by atoms with E-state index >= 15 is 0 Å². The minimum Gasteiger partial charge on any atom is -0.390 e. The van der Waals surface area contributed by atoms with Crippen molar-refractivity contribution >= 4 is 0 Å². The van der Waals surface area contributed by atoms with E-state index in [0.717, 1.165) is 0 Å². The SMILES string of the molecule is N#Cc1c(F)cc(C(F)F)nc1CO. The van der Waals surface area contributed by atoms with Gasteiger partial charge in [-0.2, -0.15) is 5.26 Å². The van der Waals surface area contributed by atoms with E-state index in [1.165, 1.54) is 6.07 Å². The highest BCUT2D eigenvalue weighted by atomic mass is 19.3. The molecule has 1 N–H and O–H groups in total. The van der Waals surface area contributed by atoms with Crippen LogP contribution in [0, 0.1) is 17.1 Å². The van der Waals surface area contributed by atoms with Gasteiger partial charge in [0.25, 0.3) is 6.43 Å². The van der Waals surface area contributed by atoms with Crippen molar-refractivity contribution in [3.63, 3.8) is 0 Å². The molecule has 0 aromatic carbocycles. The third kappa shape index (κ3) is 1.83. The van der Waals surface area contributed by atoms with Crippen molar-refractivity contribution in [2.75, 3.05) is 0 Å². The molecule has 1 heterocycles. The lowest BCUT2D eigenvalue weighted by Crippen LogP contribution is -2.03. The third-order valence-corrected chi connectivity index (χ3v) is 1.55. The van der Waals surface area contributed by atoms with Crippen LogP contribution in [0.25, 0.3) is 0 Å². The Hall–Kier alpha value is -1.61. The molecule has 0 fully saturated rings. The highest BCUT2D eigenvalue weighted by molar-refractivity contribution is 5.35. The summed E-state index contributed by atoms with van der Waals surface area (Å²) in [6.45, 7) is -0.750. The van der Waals surface area contributed by atoms with E-state index in [1.54, 1.807) is 0 Å². The van der Waals surface area contributed by atoms with Crippen LogP contribution < -0.4 is 0 Å². The fraction of sp³-hybridized carbons (Fsp3) is 0.250. The van der Waals surface area contributed by atoms with E-state index in [4.69, 9.17) is 10.4 Å². The first kappa shape index (κ1) is 10.5. The predicted molar refractivity (Wildman–Crippen MR) is 39.8 cm³/mol. The quantitative estimate of drug-likeness (QED) is 0.790. The van der Waals surface area contributed by atoms with Crippen LogP contribution >= 0.6 is 0 Å². The Morgan fingerprint density at radius 3 is 2.64 bits per heavy atom. The number of hydrogen-bond donors (Lipinski definition) is 1. The molecule has 6 heteroatoms. The largest absolute Gasteiger partial charge is 0.390 e. The van der Waals surface area contributed by atoms with E-state index in [-0.39, 0.29) is 5.69 Å². The maximum absolute atomic E-state index is 13.0. The van der Waals surface area contributed by atoms with Crippen LogP contribution in [0.15, 0.2) is 6.07 Å². The molecule has 0 saturated carbocycles. The van der Waals surface area contributed by atoms with Gasteiger partial charge in [-0.3, -0.25) is 0 Å². The molecule has 0 aliphatic heterocycles. The molecule has 1 aromatic heterocycles. The van der Waals surface area contributed by atoms with E-state index in [0.29, 0.717) is 6.07 Å². The highest BCUT2D eigenvalue weighted by Crippen LogP contribution is 2.20. The van der Waals surface area contributed by atoms with Gasteiger partial charge in [-0.25, -0.2) is 18.2 Å². The number of halogens is 3. The average Bonchev–Trinajstić information content (AvgIpc) is 2.16. The summed E-state index contributed by atoms with van der Waals surface area (Å²) < 4.78 is 37.2. The van der Waals surface area contributed by atoms with E-state index < -0.39 is 30.1 Å². The van der Waals surface area contributed by atoms with Crippen LogP contribution in [-0.4, -0.2) is 10.1 Å². The molecule has 1 aromatic rings. The second kappa shape index (κ2) is 4.07. The smallest absolute Gasteiger partial charge is 0.280 e. The van der Waals surface area contributed by atoms with Gasteiger partial charge < -0.3 is 5.11 Å². The molecule has 0 radical (unpaired) electrons. The fourth-order valence-electron chi connectivity index (χ4n) is 0.928. The Bertz CT molecular complexity index is 387. The van der Waals surface area contributed by atoms with Gasteiger partial charge in [0.1, 0.15) is 23.1 Å². The van der Waals surface area contributed by atoms with Gasteiger partial charge in [0.15, 0.2) is 0 Å². The molecule has 0 aliphatic carbocycles. The first-order chi connectivity index (χ1) is 6.60. The monoisotopic (exact) mass is 202 g/mol. The molecule has 0 aliphatic rings. The molecule has 0 amide bonds. The van der Waals surface area contributed by atoms with Gasteiger partial charge in [-0.15, -0.1) is 0 Å². The summed E-state index contributed by atoms with van der Waals surface area (Å²) in [5.74, 6) is -1.10. The molecule has 1 rings (SSSR count). The Balaban J connectivity index is 3.33. The Labute approximate surface area is 77.4 Å². The number of pyridine rings is 1. The van der Waals surface area contributed by atoms with Crippen molar-refractivity contribution in [3.05, 3.63) is 28.8 Å². The molecular weight excluding hydrogens is 197 g/mol. The lowest BCUT2D eigenvalue weighted by Gasteiger charge is -2.04. The summed E-state index contributed by atoms with van der Waals surface area (Å²) in [4.78, 5) is 3.26. The molecule has 0 bridgehead atoms. The standard InChI is InChI=1S/C8H5F3N2O/c9-5-1-6(8(10)11)13-7(3-14)4(5)2-12/h1,8,14H,3H2. The summed E-state index contributed by atoms with van der Waals surface area (Å²) in [6.07, 6.45) is -2.93. The minimum atomic E-state index is -2.93. The van der Waals surface area contributed by atoms with Crippen LogP contribution in [-0.2, 0) is 6.61 Å². The van der Waals surface area contributed by atoms with E-state index in [1.807, 2.05) is 0 Å². The van der Waals surface area contributed by atoms with Gasteiger partial charge in [-0.05, 0) is 0 Å². The second-order valence-corrected chi connectivity index (χ2v) is 2.42. The maximum atomic E-state index is 13.0. The van der Waals surface area contributed by atoms with Crippen molar-refractivity contribution in [1.82, 2.24) is 4.98 Å². The van der Waals surface area contributed by atoms with Crippen LogP contribution in [0.4, 0.5) is 13.2 Å². The number of aromatic nitrogens is 1. The third-order valence-electron chi connectivity index (χ3n) is 1.55. The van der Waals surface area contributed by atoms with Crippen molar-refractivity contribution in [2.24, 2.45) is 0 Å². The molecule has 3 nitrogen and oxygen atoms in total. The normalized spacial score (nSPS) is 10.3. The molecule has 14 heavy (non-hydrogen) atoms. The average molecular weight is 202 g/mol. The van der Waals surface area contributed by atoms with Crippen molar-refractivity contribution in [1.29, 1.82) is 5.26 Å². The molecule has 0 atom stereocenters.